The molecule has 0 aromatic heterocycles. The van der Waals surface area contributed by atoms with Crippen molar-refractivity contribution in [2.75, 3.05) is 32.9 Å². The van der Waals surface area contributed by atoms with Gasteiger partial charge >= 0.3 is 0 Å². The zero-order valence-electron chi connectivity index (χ0n) is 19.3. The number of allylic oxidation sites excluding steroid dienone is 1. The average molecular weight is 482 g/mol. The first-order valence-electron chi connectivity index (χ1n) is 11.6. The van der Waals surface area contributed by atoms with Gasteiger partial charge in [-0.2, -0.15) is 0 Å². The summed E-state index contributed by atoms with van der Waals surface area (Å²) in [5.74, 6) is 0.325. The summed E-state index contributed by atoms with van der Waals surface area (Å²) in [6.45, 7) is 4.30. The molecular weight excluding hydrogens is 455 g/mol. The molecule has 2 aliphatic heterocycles. The molecule has 5 rings (SSSR count). The Morgan fingerprint density at radius 1 is 1.00 bits per heavy atom. The minimum absolute atomic E-state index is 0.0594. The molecule has 7 heteroatoms. The van der Waals surface area contributed by atoms with Crippen LogP contribution in [0.1, 0.15) is 29.7 Å². The van der Waals surface area contributed by atoms with Gasteiger partial charge in [-0.15, -0.1) is 0 Å². The molecule has 1 saturated heterocycles. The summed E-state index contributed by atoms with van der Waals surface area (Å²) in [5, 5.41) is 9.98. The fraction of sp³-hybridized carbons (Fsp3) is 0.286. The van der Waals surface area contributed by atoms with Crippen molar-refractivity contribution in [2.24, 2.45) is 5.92 Å². The maximum Gasteiger partial charge on any atom is 0.150 e. The quantitative estimate of drug-likeness (QED) is 0.449. The molecule has 4 nitrogen and oxygen atoms in total. The largest absolute Gasteiger partial charge is 0.508 e. The fourth-order valence-corrected chi connectivity index (χ4v) is 4.71. The van der Waals surface area contributed by atoms with Gasteiger partial charge in [-0.25, -0.2) is 8.78 Å². The molecule has 3 aromatic rings. The lowest BCUT2D eigenvalue weighted by Gasteiger charge is -2.37. The van der Waals surface area contributed by atoms with Gasteiger partial charge in [0.15, 0.2) is 0 Å². The van der Waals surface area contributed by atoms with Crippen LogP contribution >= 0.6 is 0 Å². The van der Waals surface area contributed by atoms with Gasteiger partial charge in [0.05, 0.1) is 6.67 Å². The summed E-state index contributed by atoms with van der Waals surface area (Å²) in [5.41, 5.74) is 2.68. The second-order valence-electron chi connectivity index (χ2n) is 9.04. The molecule has 0 unspecified atom stereocenters. The van der Waals surface area contributed by atoms with Gasteiger partial charge in [0.25, 0.3) is 0 Å². The van der Waals surface area contributed by atoms with E-state index in [0.717, 1.165) is 37.3 Å². The number of hydrogen-bond donors (Lipinski definition) is 1. The van der Waals surface area contributed by atoms with Crippen LogP contribution < -0.4 is 9.47 Å². The van der Waals surface area contributed by atoms with Gasteiger partial charge in [-0.3, -0.25) is 9.29 Å². The molecule has 0 saturated carbocycles. The average Bonchev–Trinajstić information content (AvgIpc) is 2.83. The predicted molar refractivity (Wildman–Crippen MR) is 128 cm³/mol. The Kier molecular flexibility index (Phi) is 6.43. The number of alkyl halides is 1. The Hall–Kier alpha value is -3.45. The summed E-state index contributed by atoms with van der Waals surface area (Å²) < 4.78 is 53.6. The second kappa shape index (κ2) is 9.66. The van der Waals surface area contributed by atoms with Crippen molar-refractivity contribution in [3.8, 4) is 17.2 Å². The monoisotopic (exact) mass is 481 g/mol. The summed E-state index contributed by atoms with van der Waals surface area (Å²) in [6.07, 6.45) is -0.684. The van der Waals surface area contributed by atoms with E-state index in [1.54, 1.807) is 12.1 Å². The number of phenols is 1. The van der Waals surface area contributed by atoms with E-state index in [0.29, 0.717) is 34.8 Å². The van der Waals surface area contributed by atoms with Crippen LogP contribution in [0, 0.1) is 17.6 Å². The van der Waals surface area contributed by atoms with Crippen molar-refractivity contribution >= 4 is 11.1 Å². The number of hydrogen-bond acceptors (Lipinski definition) is 4. The van der Waals surface area contributed by atoms with Gasteiger partial charge in [0.1, 0.15) is 41.6 Å². The molecule has 35 heavy (non-hydrogen) atoms. The van der Waals surface area contributed by atoms with Crippen molar-refractivity contribution in [2.45, 2.75) is 13.0 Å². The van der Waals surface area contributed by atoms with E-state index in [1.807, 2.05) is 31.2 Å². The van der Waals surface area contributed by atoms with Crippen LogP contribution in [0.25, 0.3) is 11.1 Å². The van der Waals surface area contributed by atoms with Crippen LogP contribution in [0.3, 0.4) is 0 Å². The Morgan fingerprint density at radius 2 is 1.77 bits per heavy atom. The maximum atomic E-state index is 14.9. The van der Waals surface area contributed by atoms with Crippen molar-refractivity contribution in [1.82, 2.24) is 4.90 Å². The first-order chi connectivity index (χ1) is 16.9. The summed E-state index contributed by atoms with van der Waals surface area (Å²) >= 11 is 0. The number of fused-ring (bicyclic) bond motifs is 1. The van der Waals surface area contributed by atoms with Gasteiger partial charge < -0.3 is 14.6 Å². The molecule has 0 amide bonds. The Morgan fingerprint density at radius 3 is 2.51 bits per heavy atom. The Bertz CT molecular complexity index is 1250. The lowest BCUT2D eigenvalue weighted by atomic mass is 9.86. The number of likely N-dealkylation sites (tertiary alicyclic amines) is 1. The fourth-order valence-electron chi connectivity index (χ4n) is 4.71. The van der Waals surface area contributed by atoms with Crippen LogP contribution in [0.2, 0.25) is 0 Å². The van der Waals surface area contributed by atoms with Crippen LogP contribution in [-0.2, 0) is 0 Å². The summed E-state index contributed by atoms with van der Waals surface area (Å²) in [6, 6.07) is 15.4. The van der Waals surface area contributed by atoms with Crippen LogP contribution in [0.15, 0.2) is 60.7 Å². The maximum absolute atomic E-state index is 14.9. The molecule has 2 heterocycles. The second-order valence-corrected chi connectivity index (χ2v) is 9.04. The van der Waals surface area contributed by atoms with Crippen molar-refractivity contribution < 1.29 is 27.8 Å². The number of ether oxygens (including phenoxy) is 2. The van der Waals surface area contributed by atoms with Crippen molar-refractivity contribution in [3.63, 3.8) is 0 Å². The van der Waals surface area contributed by atoms with E-state index in [2.05, 4.69) is 4.90 Å². The minimum Gasteiger partial charge on any atom is -0.508 e. The molecule has 1 atom stereocenters. The Labute approximate surface area is 202 Å². The number of phenolic OH excluding ortho intramolecular Hbond substituents is 1. The van der Waals surface area contributed by atoms with Gasteiger partial charge in [0.2, 0.25) is 0 Å². The lowest BCUT2D eigenvalue weighted by Crippen LogP contribution is -2.49. The highest BCUT2D eigenvalue weighted by Crippen LogP contribution is 2.48. The van der Waals surface area contributed by atoms with Crippen LogP contribution in [0.4, 0.5) is 13.2 Å². The smallest absolute Gasteiger partial charge is 0.150 e. The zero-order chi connectivity index (χ0) is 24.5. The highest BCUT2D eigenvalue weighted by molar-refractivity contribution is 5.95. The molecule has 1 N–H and O–H groups in total. The standard InChI is InChI=1S/C28H26F3NO3/c1-17-23-13-21(33)5-9-26(23)35-28(27(17)24-12-20(30)4-8-25(24)31)19-2-6-22(7-3-19)34-11-10-32-15-18(14-29)16-32/h2-9,12-13,18,28,33H,10-11,14-16H2,1H3/t28-/m1/s1. The first-order valence-corrected chi connectivity index (χ1v) is 11.6. The highest BCUT2D eigenvalue weighted by atomic mass is 19.1. The number of benzene rings is 3. The molecule has 0 bridgehead atoms. The van der Waals surface area contributed by atoms with E-state index >= 15 is 0 Å². The summed E-state index contributed by atoms with van der Waals surface area (Å²) in [7, 11) is 0. The number of nitrogens with zero attached hydrogens (tertiary/aromatic N) is 1. The minimum atomic E-state index is -0.684. The Balaban J connectivity index is 1.41. The third-order valence-corrected chi connectivity index (χ3v) is 6.61. The molecule has 3 aromatic carbocycles. The van der Waals surface area contributed by atoms with Crippen molar-refractivity contribution in [1.29, 1.82) is 0 Å². The SMILES string of the molecule is CC1=C(c2cc(F)ccc2F)[C@@H](c2ccc(OCCN3CC(CF)C3)cc2)Oc2ccc(O)cc21. The molecule has 182 valence electrons. The third-order valence-electron chi connectivity index (χ3n) is 6.61. The van der Waals surface area contributed by atoms with E-state index in [-0.39, 0.29) is 23.9 Å². The molecule has 0 spiro atoms. The molecule has 0 radical (unpaired) electrons. The molecule has 1 fully saturated rings. The molecular formula is C28H26F3NO3. The van der Waals surface area contributed by atoms with Gasteiger partial charge in [0, 0.05) is 42.3 Å². The number of halogens is 3. The van der Waals surface area contributed by atoms with E-state index < -0.39 is 17.7 Å². The molecule has 2 aliphatic rings. The normalized spacial score (nSPS) is 18.1. The van der Waals surface area contributed by atoms with Gasteiger partial charge in [-0.05, 0) is 66.6 Å². The highest BCUT2D eigenvalue weighted by Gasteiger charge is 2.31. The third kappa shape index (κ3) is 4.73. The van der Waals surface area contributed by atoms with Gasteiger partial charge in [-0.1, -0.05) is 12.1 Å². The number of rotatable bonds is 7. The lowest BCUT2D eigenvalue weighted by molar-refractivity contribution is 0.0668. The topological polar surface area (TPSA) is 41.9 Å². The van der Waals surface area contributed by atoms with E-state index in [4.69, 9.17) is 9.47 Å². The first kappa shape index (κ1) is 23.3. The van der Waals surface area contributed by atoms with Crippen LogP contribution in [0.5, 0.6) is 17.2 Å². The number of aromatic hydroxyl groups is 1. The predicted octanol–water partition coefficient (Wildman–Crippen LogP) is 6.01. The van der Waals surface area contributed by atoms with E-state index in [9.17, 15) is 18.3 Å². The molecule has 0 aliphatic carbocycles. The van der Waals surface area contributed by atoms with Crippen LogP contribution in [-0.4, -0.2) is 42.9 Å². The van der Waals surface area contributed by atoms with E-state index in [1.165, 1.54) is 12.1 Å². The van der Waals surface area contributed by atoms with Crippen molar-refractivity contribution in [3.05, 3.63) is 89.0 Å². The zero-order valence-corrected chi connectivity index (χ0v) is 19.3. The summed E-state index contributed by atoms with van der Waals surface area (Å²) in [4.78, 5) is 2.15.